The summed E-state index contributed by atoms with van der Waals surface area (Å²) >= 11 is 0. The van der Waals surface area contributed by atoms with Crippen LogP contribution < -0.4 is 19.6 Å². The molecule has 0 aliphatic carbocycles. The summed E-state index contributed by atoms with van der Waals surface area (Å²) in [5.41, 5.74) is -0.754. The Balaban J connectivity index is 0.00000242. The number of hydrogen-bond donors (Lipinski definition) is 0. The summed E-state index contributed by atoms with van der Waals surface area (Å²) in [6, 6.07) is 13.0. The molecule has 0 aromatic heterocycles. The largest absolute Gasteiger partial charge is 2.00 e. The van der Waals surface area contributed by atoms with Gasteiger partial charge in [0.1, 0.15) is 0 Å². The summed E-state index contributed by atoms with van der Waals surface area (Å²) in [5, 5.41) is 0. The molecule has 6 nitrogen and oxygen atoms in total. The zero-order valence-corrected chi connectivity index (χ0v) is 22.7. The van der Waals surface area contributed by atoms with Gasteiger partial charge >= 0.3 is 97.8 Å². The van der Waals surface area contributed by atoms with Crippen LogP contribution in [-0.2, 0) is 14.0 Å². The van der Waals surface area contributed by atoms with Gasteiger partial charge in [0.15, 0.2) is 0 Å². The number of rotatable bonds is 4. The molecule has 2 aromatic rings. The molecule has 0 saturated carbocycles. The van der Waals surface area contributed by atoms with Gasteiger partial charge in [-0.25, -0.2) is 0 Å². The van der Waals surface area contributed by atoms with Gasteiger partial charge in [0.25, 0.3) is 0 Å². The fraction of sp³-hybridized carbons (Fsp3) is 0.0769. The first-order valence-corrected chi connectivity index (χ1v) is 8.95. The standard InChI is InChI=1S/C13H14O6P2.2Ba/c14-20(15,16)13(21(17,18)19,11-7-3-1-4-8-11)12-9-5-2-6-10-12;;/h1-10H,(H2,14,15,16)(H2,17,18,19);;/q;2*+2/p-4. The van der Waals surface area contributed by atoms with Crippen LogP contribution in [-0.4, -0.2) is 97.8 Å². The third kappa shape index (κ3) is 4.99. The maximum Gasteiger partial charge on any atom is 2.00 e. The Kier molecular flexibility index (Phi) is 10.5. The zero-order valence-electron chi connectivity index (χ0n) is 12.0. The minimum Gasteiger partial charge on any atom is -0.810 e. The van der Waals surface area contributed by atoms with Crippen molar-refractivity contribution in [2.24, 2.45) is 0 Å². The molecule has 0 amide bonds. The van der Waals surface area contributed by atoms with Crippen LogP contribution in [0.2, 0.25) is 0 Å². The summed E-state index contributed by atoms with van der Waals surface area (Å²) in [6.45, 7) is 0. The molecule has 2 rings (SSSR count). The molecule has 0 bridgehead atoms. The van der Waals surface area contributed by atoms with E-state index < -0.39 is 20.1 Å². The van der Waals surface area contributed by atoms with Crippen molar-refractivity contribution in [3.05, 3.63) is 71.8 Å². The summed E-state index contributed by atoms with van der Waals surface area (Å²) in [6.07, 6.45) is 0. The Morgan fingerprint density at radius 2 is 0.870 bits per heavy atom. The summed E-state index contributed by atoms with van der Waals surface area (Å²) in [5.74, 6) is 0. The fourth-order valence-electron chi connectivity index (χ4n) is 2.29. The van der Waals surface area contributed by atoms with Gasteiger partial charge in [-0.1, -0.05) is 60.7 Å². The second kappa shape index (κ2) is 9.71. The fourth-order valence-corrected chi connectivity index (χ4v) is 5.35. The Bertz CT molecular complexity index is 650. The van der Waals surface area contributed by atoms with Crippen molar-refractivity contribution < 1.29 is 28.7 Å². The molecule has 0 N–H and O–H groups in total. The van der Waals surface area contributed by atoms with E-state index in [0.717, 1.165) is 24.3 Å². The van der Waals surface area contributed by atoms with Crippen LogP contribution in [0, 0.1) is 0 Å². The molecule has 0 atom stereocenters. The van der Waals surface area contributed by atoms with Gasteiger partial charge in [-0.3, -0.25) is 0 Å². The van der Waals surface area contributed by atoms with Crippen LogP contribution >= 0.6 is 15.2 Å². The van der Waals surface area contributed by atoms with Crippen LogP contribution in [0.4, 0.5) is 0 Å². The molecule has 0 fully saturated rings. The van der Waals surface area contributed by atoms with Gasteiger partial charge in [-0.15, -0.1) is 0 Å². The zero-order chi connectivity index (χ0) is 15.7. The van der Waals surface area contributed by atoms with Gasteiger partial charge in [0, 0.05) is 0 Å². The third-order valence-corrected chi connectivity index (χ3v) is 7.23. The summed E-state index contributed by atoms with van der Waals surface area (Å²) in [7, 11) is -11.7. The van der Waals surface area contributed by atoms with Crippen molar-refractivity contribution in [2.45, 2.75) is 4.90 Å². The van der Waals surface area contributed by atoms with E-state index >= 15 is 0 Å². The van der Waals surface area contributed by atoms with Gasteiger partial charge < -0.3 is 28.7 Å². The SMILES string of the molecule is O=P([O-])([O-])C(c1ccccc1)(c1ccccc1)P(=O)([O-])[O-].[Ba+2].[Ba+2]. The first-order chi connectivity index (χ1) is 9.71. The van der Waals surface area contributed by atoms with E-state index in [2.05, 4.69) is 0 Å². The van der Waals surface area contributed by atoms with E-state index in [1.807, 2.05) is 0 Å². The number of hydrogen-bond acceptors (Lipinski definition) is 6. The van der Waals surface area contributed by atoms with Crippen molar-refractivity contribution in [3.63, 3.8) is 0 Å². The van der Waals surface area contributed by atoms with Gasteiger partial charge in [-0.05, 0) is 26.3 Å². The molecule has 2 aromatic carbocycles. The smallest absolute Gasteiger partial charge is 0.810 e. The van der Waals surface area contributed by atoms with Crippen molar-refractivity contribution in [1.82, 2.24) is 0 Å². The van der Waals surface area contributed by atoms with E-state index in [1.165, 1.54) is 36.4 Å². The second-order valence-corrected chi connectivity index (χ2v) is 8.08. The van der Waals surface area contributed by atoms with E-state index in [1.54, 1.807) is 0 Å². The maximum atomic E-state index is 11.8. The van der Waals surface area contributed by atoms with Crippen LogP contribution in [0.15, 0.2) is 60.7 Å². The predicted molar refractivity (Wildman–Crippen MR) is 80.4 cm³/mol. The first-order valence-electron chi connectivity index (χ1n) is 5.86. The topological polar surface area (TPSA) is 126 Å². The van der Waals surface area contributed by atoms with E-state index in [-0.39, 0.29) is 109 Å². The average Bonchev–Trinajstić information content (AvgIpc) is 2.38. The van der Waals surface area contributed by atoms with Crippen molar-refractivity contribution >= 4 is 113 Å². The molecule has 0 spiro atoms. The predicted octanol–water partition coefficient (Wildman–Crippen LogP) is -1.05. The summed E-state index contributed by atoms with van der Waals surface area (Å²) in [4.78, 5) is 44.1. The second-order valence-electron chi connectivity index (χ2n) is 4.40. The average molecular weight is 599 g/mol. The Morgan fingerprint density at radius 1 is 0.609 bits per heavy atom. The third-order valence-electron chi connectivity index (χ3n) is 3.15. The quantitative estimate of drug-likeness (QED) is 0.327. The molecular weight excluding hydrogens is 589 g/mol. The van der Waals surface area contributed by atoms with Crippen LogP contribution in [0.3, 0.4) is 0 Å². The Labute approximate surface area is 214 Å². The van der Waals surface area contributed by atoms with Gasteiger partial charge in [0.2, 0.25) is 0 Å². The molecule has 10 heteroatoms. The number of benzene rings is 2. The van der Waals surface area contributed by atoms with E-state index in [9.17, 15) is 28.7 Å². The van der Waals surface area contributed by atoms with Crippen LogP contribution in [0.25, 0.3) is 0 Å². The molecule has 23 heavy (non-hydrogen) atoms. The molecule has 0 unspecified atom stereocenters. The Morgan fingerprint density at radius 3 is 1.09 bits per heavy atom. The van der Waals surface area contributed by atoms with Crippen molar-refractivity contribution in [3.8, 4) is 0 Å². The molecule has 112 valence electrons. The van der Waals surface area contributed by atoms with Crippen molar-refractivity contribution in [1.29, 1.82) is 0 Å². The molecule has 0 aliphatic heterocycles. The molecule has 0 heterocycles. The normalized spacial score (nSPS) is 12.0. The molecule has 0 aliphatic rings. The molecular formula is C13H10Ba2O6P2. The van der Waals surface area contributed by atoms with Crippen LogP contribution in [0.1, 0.15) is 11.1 Å². The van der Waals surface area contributed by atoms with Crippen molar-refractivity contribution in [2.75, 3.05) is 0 Å². The van der Waals surface area contributed by atoms with Gasteiger partial charge in [0.05, 0.1) is 4.90 Å². The minimum atomic E-state index is -5.86. The first kappa shape index (κ1) is 24.9. The molecule has 0 radical (unpaired) electrons. The van der Waals surface area contributed by atoms with Gasteiger partial charge in [-0.2, -0.15) is 0 Å². The van der Waals surface area contributed by atoms with Crippen LogP contribution in [0.5, 0.6) is 0 Å². The minimum absolute atomic E-state index is 0. The van der Waals surface area contributed by atoms with E-state index in [0.29, 0.717) is 0 Å². The van der Waals surface area contributed by atoms with E-state index in [4.69, 9.17) is 0 Å². The summed E-state index contributed by atoms with van der Waals surface area (Å²) < 4.78 is 23.6. The maximum absolute atomic E-state index is 11.8. The monoisotopic (exact) mass is 600 g/mol. The molecule has 0 saturated heterocycles. The Hall–Kier alpha value is 1.88.